The lowest BCUT2D eigenvalue weighted by atomic mass is 9.82. The molecule has 0 unspecified atom stereocenters. The van der Waals surface area contributed by atoms with Gasteiger partial charge in [-0.05, 0) is 24.3 Å². The topological polar surface area (TPSA) is 58.6 Å². The number of amides is 2. The number of likely N-dealkylation sites (tertiary alicyclic amines) is 1. The summed E-state index contributed by atoms with van der Waals surface area (Å²) in [7, 11) is 0. The van der Waals surface area contributed by atoms with Crippen LogP contribution in [0.3, 0.4) is 0 Å². The van der Waals surface area contributed by atoms with Gasteiger partial charge >= 0.3 is 6.03 Å². The number of ketones is 1. The first-order valence-electron chi connectivity index (χ1n) is 8.68. The Labute approximate surface area is 150 Å². The molecule has 2 aliphatic heterocycles. The molecule has 2 aliphatic rings. The molecule has 0 bridgehead atoms. The lowest BCUT2D eigenvalue weighted by Gasteiger charge is -2.43. The van der Waals surface area contributed by atoms with E-state index in [2.05, 4.69) is 5.32 Å². The predicted octanol–water partition coefficient (Wildman–Crippen LogP) is 3.86. The summed E-state index contributed by atoms with van der Waals surface area (Å²) in [5, 5.41) is 2.60. The highest BCUT2D eigenvalue weighted by atomic mass is 19.1. The molecule has 26 heavy (non-hydrogen) atoms. The Morgan fingerprint density at radius 2 is 1.77 bits per heavy atom. The fourth-order valence-electron chi connectivity index (χ4n) is 3.60. The average Bonchev–Trinajstić information content (AvgIpc) is 2.64. The van der Waals surface area contributed by atoms with Crippen molar-refractivity contribution in [3.8, 4) is 5.75 Å². The van der Waals surface area contributed by atoms with Crippen LogP contribution in [0.4, 0.5) is 14.9 Å². The number of hydrogen-bond acceptors (Lipinski definition) is 3. The molecule has 2 aromatic carbocycles. The molecule has 2 amide bonds. The van der Waals surface area contributed by atoms with Crippen molar-refractivity contribution in [2.45, 2.75) is 24.9 Å². The number of rotatable bonds is 1. The third-order valence-electron chi connectivity index (χ3n) is 5.07. The molecular weight excluding hydrogens is 335 g/mol. The van der Waals surface area contributed by atoms with E-state index in [9.17, 15) is 14.0 Å². The Hall–Kier alpha value is -2.89. The predicted molar refractivity (Wildman–Crippen MR) is 95.0 cm³/mol. The zero-order valence-corrected chi connectivity index (χ0v) is 14.2. The second-order valence-corrected chi connectivity index (χ2v) is 6.78. The monoisotopic (exact) mass is 354 g/mol. The summed E-state index contributed by atoms with van der Waals surface area (Å²) in [6, 6.07) is 13.0. The van der Waals surface area contributed by atoms with E-state index >= 15 is 0 Å². The SMILES string of the molecule is O=C1CC2(CCN(C(=O)Nc3ccccc3F)CC2)Oc2ccccc21. The van der Waals surface area contributed by atoms with E-state index in [1.807, 2.05) is 18.2 Å². The number of fused-ring (bicyclic) bond motifs is 1. The van der Waals surface area contributed by atoms with Gasteiger partial charge < -0.3 is 15.0 Å². The molecule has 1 saturated heterocycles. The summed E-state index contributed by atoms with van der Waals surface area (Å²) >= 11 is 0. The van der Waals surface area contributed by atoms with E-state index < -0.39 is 11.4 Å². The number of Topliss-reactive ketones (excluding diaryl/α,β-unsaturated/α-hetero) is 1. The molecule has 0 radical (unpaired) electrons. The van der Waals surface area contributed by atoms with Crippen LogP contribution in [0, 0.1) is 5.82 Å². The largest absolute Gasteiger partial charge is 0.486 e. The Kier molecular flexibility index (Phi) is 4.11. The number of benzene rings is 2. The Balaban J connectivity index is 1.42. The van der Waals surface area contributed by atoms with Crippen LogP contribution in [0.5, 0.6) is 5.75 Å². The molecule has 0 aromatic heterocycles. The number of halogens is 1. The fraction of sp³-hybridized carbons (Fsp3) is 0.300. The number of anilines is 1. The van der Waals surface area contributed by atoms with Gasteiger partial charge in [0.15, 0.2) is 5.78 Å². The Morgan fingerprint density at radius 3 is 2.54 bits per heavy atom. The maximum absolute atomic E-state index is 13.7. The molecule has 0 aliphatic carbocycles. The molecule has 6 heteroatoms. The molecule has 1 fully saturated rings. The average molecular weight is 354 g/mol. The van der Waals surface area contributed by atoms with E-state index in [1.54, 1.807) is 23.1 Å². The number of hydrogen-bond donors (Lipinski definition) is 1. The number of piperidine rings is 1. The van der Waals surface area contributed by atoms with E-state index in [-0.39, 0.29) is 17.5 Å². The van der Waals surface area contributed by atoms with Crippen molar-refractivity contribution in [1.29, 1.82) is 0 Å². The summed E-state index contributed by atoms with van der Waals surface area (Å²) < 4.78 is 19.9. The highest BCUT2D eigenvalue weighted by Crippen LogP contribution is 2.39. The minimum atomic E-state index is -0.555. The van der Waals surface area contributed by atoms with E-state index in [0.29, 0.717) is 43.7 Å². The van der Waals surface area contributed by atoms with E-state index in [1.165, 1.54) is 12.1 Å². The van der Waals surface area contributed by atoms with Gasteiger partial charge in [-0.15, -0.1) is 0 Å². The summed E-state index contributed by atoms with van der Waals surface area (Å²) in [4.78, 5) is 26.5. The van der Waals surface area contributed by atoms with Crippen molar-refractivity contribution in [2.24, 2.45) is 0 Å². The summed E-state index contributed by atoms with van der Waals surface area (Å²) in [5.74, 6) is 0.233. The fourth-order valence-corrected chi connectivity index (χ4v) is 3.60. The van der Waals surface area contributed by atoms with Crippen LogP contribution in [0.2, 0.25) is 0 Å². The first kappa shape index (κ1) is 16.6. The van der Waals surface area contributed by atoms with E-state index in [0.717, 1.165) is 0 Å². The zero-order valence-electron chi connectivity index (χ0n) is 14.2. The van der Waals surface area contributed by atoms with Gasteiger partial charge in [0, 0.05) is 25.9 Å². The molecule has 1 N–H and O–H groups in total. The maximum Gasteiger partial charge on any atom is 0.321 e. The van der Waals surface area contributed by atoms with Gasteiger partial charge in [-0.3, -0.25) is 4.79 Å². The number of para-hydroxylation sites is 2. The second-order valence-electron chi connectivity index (χ2n) is 6.78. The van der Waals surface area contributed by atoms with Crippen molar-refractivity contribution < 1.29 is 18.7 Å². The first-order valence-corrected chi connectivity index (χ1v) is 8.68. The molecule has 134 valence electrons. The van der Waals surface area contributed by atoms with Crippen molar-refractivity contribution >= 4 is 17.5 Å². The first-order chi connectivity index (χ1) is 12.6. The molecule has 2 heterocycles. The summed E-state index contributed by atoms with van der Waals surface area (Å²) in [6.45, 7) is 0.908. The van der Waals surface area contributed by atoms with Crippen molar-refractivity contribution in [3.05, 3.63) is 59.9 Å². The third-order valence-corrected chi connectivity index (χ3v) is 5.07. The van der Waals surface area contributed by atoms with Crippen LogP contribution >= 0.6 is 0 Å². The van der Waals surface area contributed by atoms with Gasteiger partial charge in [-0.2, -0.15) is 0 Å². The number of carbonyl (C=O) groups is 2. The quantitative estimate of drug-likeness (QED) is 0.846. The van der Waals surface area contributed by atoms with E-state index in [4.69, 9.17) is 4.74 Å². The standard InChI is InChI=1S/C20H19FN2O3/c21-15-6-2-3-7-16(15)22-19(25)23-11-9-20(10-12-23)13-17(24)14-5-1-4-8-18(14)26-20/h1-8H,9-13H2,(H,22,25). The number of carbonyl (C=O) groups excluding carboxylic acids is 2. The normalized spacial score (nSPS) is 18.2. The Morgan fingerprint density at radius 1 is 1.08 bits per heavy atom. The highest BCUT2D eigenvalue weighted by molar-refractivity contribution is 6.00. The highest BCUT2D eigenvalue weighted by Gasteiger charge is 2.43. The number of nitrogens with zero attached hydrogens (tertiary/aromatic N) is 1. The maximum atomic E-state index is 13.7. The van der Waals surface area contributed by atoms with Crippen molar-refractivity contribution in [3.63, 3.8) is 0 Å². The van der Waals surface area contributed by atoms with Crippen LogP contribution in [-0.2, 0) is 0 Å². The molecule has 4 rings (SSSR count). The Bertz CT molecular complexity index is 860. The van der Waals surface area contributed by atoms with Gasteiger partial charge in [-0.25, -0.2) is 9.18 Å². The molecule has 1 spiro atoms. The van der Waals surface area contributed by atoms with Crippen LogP contribution < -0.4 is 10.1 Å². The number of nitrogens with one attached hydrogen (secondary N) is 1. The van der Waals surface area contributed by atoms with Crippen LogP contribution in [0.15, 0.2) is 48.5 Å². The molecule has 0 saturated carbocycles. The smallest absolute Gasteiger partial charge is 0.321 e. The molecular formula is C20H19FN2O3. The van der Waals surface area contributed by atoms with Crippen LogP contribution in [-0.4, -0.2) is 35.4 Å². The number of urea groups is 1. The second kappa shape index (κ2) is 6.44. The van der Waals surface area contributed by atoms with Crippen LogP contribution in [0.1, 0.15) is 29.6 Å². The van der Waals surface area contributed by atoms with Gasteiger partial charge in [0.05, 0.1) is 17.7 Å². The van der Waals surface area contributed by atoms with Gasteiger partial charge in [0.25, 0.3) is 0 Å². The summed E-state index contributed by atoms with van der Waals surface area (Å²) in [6.07, 6.45) is 1.46. The summed E-state index contributed by atoms with van der Waals surface area (Å²) in [5.41, 5.74) is 0.230. The van der Waals surface area contributed by atoms with Crippen molar-refractivity contribution in [1.82, 2.24) is 4.90 Å². The van der Waals surface area contributed by atoms with Crippen LogP contribution in [0.25, 0.3) is 0 Å². The number of ether oxygens (including phenoxy) is 1. The minimum absolute atomic E-state index is 0.0797. The lowest BCUT2D eigenvalue weighted by molar-refractivity contribution is 0.000382. The molecule has 0 atom stereocenters. The lowest BCUT2D eigenvalue weighted by Crippen LogP contribution is -2.53. The van der Waals surface area contributed by atoms with Gasteiger partial charge in [-0.1, -0.05) is 24.3 Å². The third kappa shape index (κ3) is 3.03. The zero-order chi connectivity index (χ0) is 18.1. The van der Waals surface area contributed by atoms with Crippen molar-refractivity contribution in [2.75, 3.05) is 18.4 Å². The van der Waals surface area contributed by atoms with Gasteiger partial charge in [0.2, 0.25) is 0 Å². The molecule has 5 nitrogen and oxygen atoms in total. The molecule has 2 aromatic rings. The van der Waals surface area contributed by atoms with Gasteiger partial charge in [0.1, 0.15) is 17.2 Å². The minimum Gasteiger partial charge on any atom is -0.486 e.